The van der Waals surface area contributed by atoms with E-state index in [1.54, 1.807) is 19.1 Å². The molecule has 1 aliphatic carbocycles. The first-order valence-electron chi connectivity index (χ1n) is 13.0. The number of sulfonamides is 1. The number of nitrogens with one attached hydrogen (secondary N) is 2. The van der Waals surface area contributed by atoms with Gasteiger partial charge in [0.25, 0.3) is 0 Å². The number of anilines is 1. The Hall–Kier alpha value is -3.74. The highest BCUT2D eigenvalue weighted by Gasteiger charge is 2.28. The van der Waals surface area contributed by atoms with E-state index in [-0.39, 0.29) is 52.8 Å². The molecule has 1 fully saturated rings. The molecule has 0 bridgehead atoms. The van der Waals surface area contributed by atoms with Crippen LogP contribution in [-0.4, -0.2) is 55.4 Å². The Labute approximate surface area is 233 Å². The number of ether oxygens (including phenoxy) is 2. The zero-order valence-corrected chi connectivity index (χ0v) is 23.8. The lowest BCUT2D eigenvalue weighted by molar-refractivity contribution is -0.119. The fourth-order valence-electron chi connectivity index (χ4n) is 4.70. The van der Waals surface area contributed by atoms with Gasteiger partial charge >= 0.3 is 5.97 Å². The molecule has 3 N–H and O–H groups in total. The maximum atomic E-state index is 13.4. The van der Waals surface area contributed by atoms with E-state index in [4.69, 9.17) is 9.47 Å². The number of rotatable bonds is 11. The second-order valence-electron chi connectivity index (χ2n) is 9.84. The minimum absolute atomic E-state index is 0.0134. The van der Waals surface area contributed by atoms with E-state index in [2.05, 4.69) is 15.1 Å². The van der Waals surface area contributed by atoms with Gasteiger partial charge in [-0.25, -0.2) is 17.9 Å². The normalized spacial score (nSPS) is 13.9. The van der Waals surface area contributed by atoms with Crippen molar-refractivity contribution in [2.45, 2.75) is 51.3 Å². The number of amides is 1. The van der Waals surface area contributed by atoms with E-state index in [1.807, 2.05) is 26.0 Å². The van der Waals surface area contributed by atoms with Gasteiger partial charge in [0.2, 0.25) is 21.8 Å². The molecular weight excluding hydrogens is 536 g/mol. The summed E-state index contributed by atoms with van der Waals surface area (Å²) in [5.74, 6) is -1.51. The van der Waals surface area contributed by atoms with Gasteiger partial charge in [0.15, 0.2) is 5.69 Å². The van der Waals surface area contributed by atoms with Crippen molar-refractivity contribution in [2.75, 3.05) is 25.6 Å². The molecule has 1 amide bonds. The molecule has 0 spiro atoms. The summed E-state index contributed by atoms with van der Waals surface area (Å²) >= 11 is 0. The molecule has 0 aliphatic heterocycles. The molecule has 4 rings (SSSR count). The highest BCUT2D eigenvalue weighted by atomic mass is 32.2. The second-order valence-corrected chi connectivity index (χ2v) is 11.6. The third-order valence-electron chi connectivity index (χ3n) is 7.11. The van der Waals surface area contributed by atoms with Crippen LogP contribution in [0, 0.1) is 26.7 Å². The SMILES string of the molecule is COCCNS(=O)(=O)c1cc(NC(=O)C2CCCC2)ccc1Oc1c(C)c(C(=O)O)nn1-c1cccc(C)c1C. The van der Waals surface area contributed by atoms with Crippen molar-refractivity contribution in [3.8, 4) is 17.3 Å². The summed E-state index contributed by atoms with van der Waals surface area (Å²) in [6, 6.07) is 9.85. The maximum Gasteiger partial charge on any atom is 0.356 e. The number of hydrogen-bond donors (Lipinski definition) is 3. The number of nitrogens with zero attached hydrogens (tertiary/aromatic N) is 2. The second kappa shape index (κ2) is 12.2. The van der Waals surface area contributed by atoms with Crippen LogP contribution in [0.3, 0.4) is 0 Å². The van der Waals surface area contributed by atoms with Crippen LogP contribution < -0.4 is 14.8 Å². The van der Waals surface area contributed by atoms with E-state index in [9.17, 15) is 23.1 Å². The predicted molar refractivity (Wildman–Crippen MR) is 149 cm³/mol. The van der Waals surface area contributed by atoms with Crippen molar-refractivity contribution >= 4 is 27.6 Å². The quantitative estimate of drug-likeness (QED) is 0.288. The zero-order chi connectivity index (χ0) is 29.0. The number of aromatic nitrogens is 2. The molecule has 214 valence electrons. The summed E-state index contributed by atoms with van der Waals surface area (Å²) in [6.07, 6.45) is 3.56. The Kier molecular flexibility index (Phi) is 8.92. The number of benzene rings is 2. The molecule has 0 saturated heterocycles. The van der Waals surface area contributed by atoms with E-state index in [0.717, 1.165) is 36.8 Å². The third kappa shape index (κ3) is 6.19. The maximum absolute atomic E-state index is 13.4. The Morgan fingerprint density at radius 2 is 1.82 bits per heavy atom. The standard InChI is InChI=1S/C28H34N4O7S/c1-17-8-7-11-22(18(17)2)32-27(19(3)25(31-32)28(34)35)39-23-13-12-21(30-26(33)20-9-5-6-10-20)16-24(23)40(36,37)29-14-15-38-4/h7-8,11-13,16,20,29H,5-6,9-10,14-15H2,1-4H3,(H,30,33)(H,34,35). The molecule has 1 aliphatic rings. The van der Waals surface area contributed by atoms with Crippen LogP contribution in [0.2, 0.25) is 0 Å². The molecule has 1 saturated carbocycles. The van der Waals surface area contributed by atoms with Gasteiger partial charge in [-0.05, 0) is 69.0 Å². The summed E-state index contributed by atoms with van der Waals surface area (Å²) in [6.45, 7) is 5.51. The number of carbonyl (C=O) groups excluding carboxylic acids is 1. The van der Waals surface area contributed by atoms with E-state index in [1.165, 1.54) is 23.9 Å². The Bertz CT molecular complexity index is 1530. The fraction of sp³-hybridized carbons (Fsp3) is 0.393. The molecule has 40 heavy (non-hydrogen) atoms. The van der Waals surface area contributed by atoms with Crippen molar-refractivity contribution in [1.29, 1.82) is 0 Å². The Morgan fingerprint density at radius 3 is 2.50 bits per heavy atom. The van der Waals surface area contributed by atoms with Gasteiger partial charge in [0.1, 0.15) is 10.6 Å². The average molecular weight is 571 g/mol. The predicted octanol–water partition coefficient (Wildman–Crippen LogP) is 4.34. The van der Waals surface area contributed by atoms with Gasteiger partial charge in [-0.15, -0.1) is 0 Å². The van der Waals surface area contributed by atoms with Crippen LogP contribution in [-0.2, 0) is 19.6 Å². The number of carbonyl (C=O) groups is 2. The van der Waals surface area contributed by atoms with E-state index in [0.29, 0.717) is 11.4 Å². The number of carboxylic acid groups (broad SMARTS) is 1. The summed E-state index contributed by atoms with van der Waals surface area (Å²) in [7, 11) is -2.67. The number of methoxy groups -OCH3 is 1. The molecular formula is C28H34N4O7S. The molecule has 1 aromatic heterocycles. The highest BCUT2D eigenvalue weighted by Crippen LogP contribution is 2.36. The first kappa shape index (κ1) is 29.2. The minimum Gasteiger partial charge on any atom is -0.476 e. The van der Waals surface area contributed by atoms with Crippen LogP contribution in [0.1, 0.15) is 52.9 Å². The summed E-state index contributed by atoms with van der Waals surface area (Å²) in [5.41, 5.74) is 2.71. The van der Waals surface area contributed by atoms with Crippen LogP contribution in [0.5, 0.6) is 11.6 Å². The Morgan fingerprint density at radius 1 is 1.10 bits per heavy atom. The number of hydrogen-bond acceptors (Lipinski definition) is 7. The lowest BCUT2D eigenvalue weighted by Gasteiger charge is -2.17. The van der Waals surface area contributed by atoms with Gasteiger partial charge in [-0.3, -0.25) is 4.79 Å². The smallest absolute Gasteiger partial charge is 0.356 e. The van der Waals surface area contributed by atoms with Crippen molar-refractivity contribution in [3.05, 3.63) is 58.8 Å². The Balaban J connectivity index is 1.80. The lowest BCUT2D eigenvalue weighted by Crippen LogP contribution is -2.28. The zero-order valence-electron chi connectivity index (χ0n) is 23.0. The van der Waals surface area contributed by atoms with E-state index >= 15 is 0 Å². The summed E-state index contributed by atoms with van der Waals surface area (Å²) in [5, 5.41) is 16.9. The molecule has 0 unspecified atom stereocenters. The molecule has 0 atom stereocenters. The number of aromatic carboxylic acids is 1. The van der Waals surface area contributed by atoms with Gasteiger partial charge < -0.3 is 19.9 Å². The molecule has 3 aromatic rings. The summed E-state index contributed by atoms with van der Waals surface area (Å²) < 4.78 is 41.8. The van der Waals surface area contributed by atoms with E-state index < -0.39 is 16.0 Å². The molecule has 11 nitrogen and oxygen atoms in total. The number of aryl methyl sites for hydroxylation is 1. The first-order valence-corrected chi connectivity index (χ1v) is 14.5. The van der Waals surface area contributed by atoms with Crippen LogP contribution in [0.25, 0.3) is 5.69 Å². The van der Waals surface area contributed by atoms with Crippen LogP contribution in [0.15, 0.2) is 41.3 Å². The average Bonchev–Trinajstić information content (AvgIpc) is 3.56. The van der Waals surface area contributed by atoms with Gasteiger partial charge in [0, 0.05) is 30.8 Å². The highest BCUT2D eigenvalue weighted by molar-refractivity contribution is 7.89. The first-order chi connectivity index (χ1) is 19.0. The molecule has 0 radical (unpaired) electrons. The number of carboxylic acids is 1. The minimum atomic E-state index is -4.13. The molecule has 1 heterocycles. The molecule has 2 aromatic carbocycles. The van der Waals surface area contributed by atoms with Crippen molar-refractivity contribution in [3.63, 3.8) is 0 Å². The van der Waals surface area contributed by atoms with Gasteiger partial charge in [0.05, 0.1) is 12.3 Å². The largest absolute Gasteiger partial charge is 0.476 e. The summed E-state index contributed by atoms with van der Waals surface area (Å²) in [4.78, 5) is 24.5. The van der Waals surface area contributed by atoms with Crippen molar-refractivity contribution < 1.29 is 32.6 Å². The lowest BCUT2D eigenvalue weighted by atomic mass is 10.1. The topological polar surface area (TPSA) is 149 Å². The van der Waals surface area contributed by atoms with Crippen molar-refractivity contribution in [2.24, 2.45) is 5.92 Å². The van der Waals surface area contributed by atoms with Gasteiger partial charge in [-0.2, -0.15) is 9.78 Å². The third-order valence-corrected chi connectivity index (χ3v) is 8.59. The van der Waals surface area contributed by atoms with Crippen molar-refractivity contribution in [1.82, 2.24) is 14.5 Å². The monoisotopic (exact) mass is 570 g/mol. The van der Waals surface area contributed by atoms with Gasteiger partial charge in [-0.1, -0.05) is 25.0 Å². The van der Waals surface area contributed by atoms with Crippen LogP contribution >= 0.6 is 0 Å². The van der Waals surface area contributed by atoms with Crippen LogP contribution in [0.4, 0.5) is 5.69 Å². The fourth-order valence-corrected chi connectivity index (χ4v) is 5.87. The molecule has 12 heteroatoms.